The molecule has 0 bridgehead atoms. The highest BCUT2D eigenvalue weighted by atomic mass is 16.2. The van der Waals surface area contributed by atoms with Crippen molar-refractivity contribution in [3.05, 3.63) is 30.4 Å². The van der Waals surface area contributed by atoms with E-state index in [-0.39, 0.29) is 5.91 Å². The summed E-state index contributed by atoms with van der Waals surface area (Å²) in [5, 5.41) is 13.1. The zero-order chi connectivity index (χ0) is 29.2. The Morgan fingerprint density at radius 1 is 1.02 bits per heavy atom. The second kappa shape index (κ2) is 14.0. The van der Waals surface area contributed by atoms with Crippen LogP contribution in [-0.4, -0.2) is 91.1 Å². The van der Waals surface area contributed by atoms with E-state index < -0.39 is 0 Å². The minimum atomic E-state index is 0.115. The highest BCUT2D eigenvalue weighted by molar-refractivity contribution is 5.73. The lowest BCUT2D eigenvalue weighted by Crippen LogP contribution is -2.48. The van der Waals surface area contributed by atoms with Gasteiger partial charge in [0.1, 0.15) is 0 Å². The number of hydrogen-bond donors (Lipinski definition) is 3. The standard InChI is InChI=1S/C20H29N9O.C5H5N3O.C2H2/c1-13-4-3-7-29(13)20-23-18(21-17-12-16(25-26-17)15-5-6-15)22-19(24-20)28-10-8-27(9-11-28)14(2)30;9-4-8-5-3-6-1-2-7-5;1-2/h12-13,15H,3-11H2,1-2H3,(H2,21,22,23,24,25,26);1-4H,(H,7,8,9);1-2H/t13-;;/m0../s1. The third-order valence-electron chi connectivity index (χ3n) is 7.05. The monoisotopic (exact) mass is 560 g/mol. The number of aromatic nitrogens is 7. The molecule has 0 spiro atoms. The third-order valence-corrected chi connectivity index (χ3v) is 7.05. The zero-order valence-corrected chi connectivity index (χ0v) is 23.4. The Kier molecular flexibility index (Phi) is 9.98. The van der Waals surface area contributed by atoms with Crippen LogP contribution in [0.25, 0.3) is 0 Å². The smallest absolute Gasteiger partial charge is 0.235 e. The molecule has 1 saturated carbocycles. The van der Waals surface area contributed by atoms with Crippen LogP contribution in [0.1, 0.15) is 51.1 Å². The summed E-state index contributed by atoms with van der Waals surface area (Å²) >= 11 is 0. The average Bonchev–Trinajstić information content (AvgIpc) is 3.60. The van der Waals surface area contributed by atoms with E-state index in [1.54, 1.807) is 6.92 Å². The summed E-state index contributed by atoms with van der Waals surface area (Å²) in [6.45, 7) is 7.58. The topological polar surface area (TPSA) is 161 Å². The molecule has 3 fully saturated rings. The Hall–Kier alpha value is -4.80. The van der Waals surface area contributed by atoms with Crippen LogP contribution in [0.2, 0.25) is 0 Å². The Bertz CT molecular complexity index is 1300. The van der Waals surface area contributed by atoms with Gasteiger partial charge in [-0.1, -0.05) is 0 Å². The van der Waals surface area contributed by atoms with Crippen LogP contribution in [0.15, 0.2) is 24.7 Å². The van der Waals surface area contributed by atoms with Gasteiger partial charge in [0, 0.05) is 75.8 Å². The maximum Gasteiger partial charge on any atom is 0.235 e. The first kappa shape index (κ1) is 29.2. The molecule has 3 aliphatic rings. The van der Waals surface area contributed by atoms with Gasteiger partial charge in [0.25, 0.3) is 0 Å². The van der Waals surface area contributed by atoms with Gasteiger partial charge in [0.2, 0.25) is 30.2 Å². The van der Waals surface area contributed by atoms with Gasteiger partial charge in [0.05, 0.1) is 6.20 Å². The molecule has 2 amide bonds. The van der Waals surface area contributed by atoms with E-state index in [0.717, 1.165) is 25.2 Å². The minimum Gasteiger partial charge on any atom is -0.339 e. The number of carbonyl (C=O) groups is 2. The number of anilines is 5. The number of rotatable bonds is 7. The molecule has 3 N–H and O–H groups in total. The van der Waals surface area contributed by atoms with Crippen molar-refractivity contribution in [3.63, 3.8) is 0 Å². The Labute approximate surface area is 239 Å². The first-order valence-electron chi connectivity index (χ1n) is 13.6. The van der Waals surface area contributed by atoms with Gasteiger partial charge in [-0.25, -0.2) is 4.98 Å². The molecule has 0 unspecified atom stereocenters. The van der Waals surface area contributed by atoms with E-state index in [1.165, 1.54) is 37.1 Å². The minimum absolute atomic E-state index is 0.115. The van der Waals surface area contributed by atoms with Crippen molar-refractivity contribution in [2.45, 2.75) is 51.5 Å². The molecule has 0 aromatic carbocycles. The van der Waals surface area contributed by atoms with E-state index in [2.05, 4.69) is 60.4 Å². The quantitative estimate of drug-likeness (QED) is 0.287. The number of terminal acetylenes is 1. The van der Waals surface area contributed by atoms with Gasteiger partial charge in [-0.05, 0) is 32.6 Å². The molecule has 1 atom stereocenters. The van der Waals surface area contributed by atoms with Crippen molar-refractivity contribution < 1.29 is 9.59 Å². The molecular weight excluding hydrogens is 524 g/mol. The summed E-state index contributed by atoms with van der Waals surface area (Å²) in [5.74, 6) is 3.80. The molecule has 2 saturated heterocycles. The number of H-pyrrole nitrogens is 1. The molecule has 5 heterocycles. The Balaban J connectivity index is 0.000000299. The third kappa shape index (κ3) is 7.87. The van der Waals surface area contributed by atoms with Gasteiger partial charge in [0.15, 0.2) is 11.6 Å². The van der Waals surface area contributed by atoms with Gasteiger partial charge < -0.3 is 25.3 Å². The lowest BCUT2D eigenvalue weighted by Gasteiger charge is -2.34. The summed E-state index contributed by atoms with van der Waals surface area (Å²) in [6, 6.07) is 2.46. The van der Waals surface area contributed by atoms with Crippen molar-refractivity contribution in [3.8, 4) is 12.8 Å². The van der Waals surface area contributed by atoms with Crippen molar-refractivity contribution >= 4 is 41.8 Å². The maximum absolute atomic E-state index is 11.7. The summed E-state index contributed by atoms with van der Waals surface area (Å²) in [4.78, 5) is 49.4. The second-order valence-corrected chi connectivity index (χ2v) is 9.90. The molecule has 0 radical (unpaired) electrons. The average molecular weight is 561 g/mol. The fourth-order valence-corrected chi connectivity index (χ4v) is 4.68. The summed E-state index contributed by atoms with van der Waals surface area (Å²) in [5.41, 5.74) is 1.17. The second-order valence-electron chi connectivity index (χ2n) is 9.90. The molecular formula is C27H36N12O2. The van der Waals surface area contributed by atoms with Crippen LogP contribution in [0, 0.1) is 12.8 Å². The molecule has 3 aromatic heterocycles. The molecule has 14 nitrogen and oxygen atoms in total. The summed E-state index contributed by atoms with van der Waals surface area (Å²) in [7, 11) is 0. The molecule has 6 rings (SSSR count). The number of aromatic amines is 1. The highest BCUT2D eigenvalue weighted by Gasteiger charge is 2.28. The van der Waals surface area contributed by atoms with E-state index in [4.69, 9.17) is 15.0 Å². The largest absolute Gasteiger partial charge is 0.339 e. The fourth-order valence-electron chi connectivity index (χ4n) is 4.68. The Morgan fingerprint density at radius 3 is 2.39 bits per heavy atom. The number of nitrogens with zero attached hydrogens (tertiary/aromatic N) is 9. The number of amides is 2. The van der Waals surface area contributed by atoms with Crippen LogP contribution in [0.4, 0.5) is 29.5 Å². The predicted octanol–water partition coefficient (Wildman–Crippen LogP) is 2.17. The van der Waals surface area contributed by atoms with Crippen molar-refractivity contribution in [1.29, 1.82) is 0 Å². The lowest BCUT2D eigenvalue weighted by molar-refractivity contribution is -0.129. The zero-order valence-electron chi connectivity index (χ0n) is 23.4. The van der Waals surface area contributed by atoms with Crippen molar-refractivity contribution in [2.24, 2.45) is 0 Å². The normalized spacial score (nSPS) is 18.0. The van der Waals surface area contributed by atoms with E-state index in [9.17, 15) is 9.59 Å². The van der Waals surface area contributed by atoms with Crippen LogP contribution < -0.4 is 20.4 Å². The van der Waals surface area contributed by atoms with E-state index in [1.807, 2.05) is 11.0 Å². The molecule has 216 valence electrons. The van der Waals surface area contributed by atoms with Gasteiger partial charge in [-0.15, -0.1) is 12.8 Å². The highest BCUT2D eigenvalue weighted by Crippen LogP contribution is 2.39. The van der Waals surface area contributed by atoms with Crippen molar-refractivity contribution in [2.75, 3.05) is 53.2 Å². The summed E-state index contributed by atoms with van der Waals surface area (Å²) < 4.78 is 0. The van der Waals surface area contributed by atoms with Crippen LogP contribution in [0.3, 0.4) is 0 Å². The van der Waals surface area contributed by atoms with Gasteiger partial charge in [-0.2, -0.15) is 20.1 Å². The molecule has 3 aromatic rings. The predicted molar refractivity (Wildman–Crippen MR) is 156 cm³/mol. The molecule has 41 heavy (non-hydrogen) atoms. The SMILES string of the molecule is C#C.CC(=O)N1CCN(c2nc(Nc3cc(C4CC4)[nH]n3)nc(N3CCC[C@@H]3C)n2)CC1.O=CNc1cnccn1. The lowest BCUT2D eigenvalue weighted by atomic mass is 10.2. The Morgan fingerprint density at radius 2 is 1.78 bits per heavy atom. The molecule has 14 heteroatoms. The fraction of sp³-hybridized carbons (Fsp3) is 0.481. The first-order chi connectivity index (χ1) is 20.0. The van der Waals surface area contributed by atoms with E-state index in [0.29, 0.717) is 68.2 Å². The maximum atomic E-state index is 11.7. The summed E-state index contributed by atoms with van der Waals surface area (Å²) in [6.07, 6.45) is 17.8. The van der Waals surface area contributed by atoms with Crippen LogP contribution >= 0.6 is 0 Å². The number of nitrogens with one attached hydrogen (secondary N) is 3. The molecule has 1 aliphatic carbocycles. The van der Waals surface area contributed by atoms with Gasteiger partial charge in [-0.3, -0.25) is 19.7 Å². The van der Waals surface area contributed by atoms with Crippen LogP contribution in [0.5, 0.6) is 0 Å². The first-order valence-corrected chi connectivity index (χ1v) is 13.6. The van der Waals surface area contributed by atoms with Crippen LogP contribution in [-0.2, 0) is 9.59 Å². The van der Waals surface area contributed by atoms with Crippen molar-refractivity contribution in [1.82, 2.24) is 40.0 Å². The number of hydrogen-bond acceptors (Lipinski definition) is 11. The number of carbonyl (C=O) groups excluding carboxylic acids is 2. The van der Waals surface area contributed by atoms with E-state index >= 15 is 0 Å². The van der Waals surface area contributed by atoms with Gasteiger partial charge >= 0.3 is 0 Å². The number of piperazine rings is 1. The molecule has 2 aliphatic heterocycles.